The Labute approximate surface area is 224 Å². The smallest absolute Gasteiger partial charge is 0.303 e. The lowest BCUT2D eigenvalue weighted by molar-refractivity contribution is -0.137. The minimum absolute atomic E-state index is 0.150. The second-order valence-corrected chi connectivity index (χ2v) is 10.9. The molecule has 2 heterocycles. The van der Waals surface area contributed by atoms with Gasteiger partial charge in [-0.1, -0.05) is 72.5 Å². The van der Waals surface area contributed by atoms with Crippen LogP contribution >= 0.6 is 0 Å². The maximum atomic E-state index is 13.6. The van der Waals surface area contributed by atoms with Gasteiger partial charge < -0.3 is 10.2 Å². The number of aliphatic hydroxyl groups is 1. The fourth-order valence-electron chi connectivity index (χ4n) is 4.88. The third-order valence-electron chi connectivity index (χ3n) is 7.19. The summed E-state index contributed by atoms with van der Waals surface area (Å²) in [5, 5.41) is 19.8. The molecule has 3 aromatic rings. The highest BCUT2D eigenvalue weighted by Crippen LogP contribution is 2.38. The van der Waals surface area contributed by atoms with Crippen LogP contribution in [-0.4, -0.2) is 44.2 Å². The molecule has 0 unspecified atom stereocenters. The minimum atomic E-state index is -1.21. The summed E-state index contributed by atoms with van der Waals surface area (Å²) in [4.78, 5) is 36.3. The van der Waals surface area contributed by atoms with Crippen molar-refractivity contribution in [2.24, 2.45) is 5.92 Å². The molecular formula is C31H37N3O4. The molecule has 1 atom stereocenters. The van der Waals surface area contributed by atoms with Crippen LogP contribution in [0.25, 0.3) is 22.5 Å². The molecule has 0 bridgehead atoms. The second-order valence-electron chi connectivity index (χ2n) is 10.9. The first kappa shape index (κ1) is 27.5. The van der Waals surface area contributed by atoms with Crippen LogP contribution in [-0.2, 0) is 16.0 Å². The highest BCUT2D eigenvalue weighted by molar-refractivity contribution is 5.98. The number of benzene rings is 2. The summed E-state index contributed by atoms with van der Waals surface area (Å²) >= 11 is 0. The molecule has 1 aromatic heterocycles. The van der Waals surface area contributed by atoms with E-state index in [1.165, 1.54) is 0 Å². The van der Waals surface area contributed by atoms with Crippen LogP contribution in [0.1, 0.15) is 62.8 Å². The fraction of sp³-hybridized carbons (Fsp3) is 0.419. The van der Waals surface area contributed by atoms with Gasteiger partial charge in [0.2, 0.25) is 5.91 Å². The minimum Gasteiger partial charge on any atom is -0.481 e. The van der Waals surface area contributed by atoms with Crippen molar-refractivity contribution in [3.63, 3.8) is 0 Å². The molecule has 4 rings (SSSR count). The molecule has 7 nitrogen and oxygen atoms in total. The Kier molecular flexibility index (Phi) is 8.26. The van der Waals surface area contributed by atoms with Gasteiger partial charge >= 0.3 is 5.97 Å². The highest BCUT2D eigenvalue weighted by Gasteiger charge is 2.42. The number of rotatable bonds is 10. The Morgan fingerprint density at radius 3 is 1.95 bits per heavy atom. The average Bonchev–Trinajstić information content (AvgIpc) is 2.86. The molecule has 0 saturated heterocycles. The zero-order valence-corrected chi connectivity index (χ0v) is 22.7. The van der Waals surface area contributed by atoms with Gasteiger partial charge in [0.1, 0.15) is 0 Å². The first-order chi connectivity index (χ1) is 18.0. The van der Waals surface area contributed by atoms with E-state index in [9.17, 15) is 14.7 Å². The summed E-state index contributed by atoms with van der Waals surface area (Å²) in [6.45, 7) is 7.86. The summed E-state index contributed by atoms with van der Waals surface area (Å²) in [7, 11) is 0. The van der Waals surface area contributed by atoms with Gasteiger partial charge in [-0.3, -0.25) is 14.5 Å². The summed E-state index contributed by atoms with van der Waals surface area (Å²) < 4.78 is 0. The highest BCUT2D eigenvalue weighted by atomic mass is 16.4. The number of hydrogen-bond acceptors (Lipinski definition) is 5. The van der Waals surface area contributed by atoms with Crippen LogP contribution in [0.15, 0.2) is 48.5 Å². The molecule has 0 fully saturated rings. The van der Waals surface area contributed by atoms with Crippen LogP contribution in [0.4, 0.5) is 5.82 Å². The number of nitrogens with zero attached hydrogens (tertiary/aromatic N) is 3. The number of fused-ring (bicyclic) bond motifs is 1. The standard InChI is InChI=1S/C31H37N3O4/c1-20-10-14-22(15-11-20)27-28(23-16-12-21(2)13-17-23)33-29-25(32-27)19-24(31(3,4)38)30(37)34(29)18-8-6-5-7-9-26(35)36/h10-17,24,38H,5-9,18-19H2,1-4H3,(H,35,36)/t24-/m1/s1. The quantitative estimate of drug-likeness (QED) is 0.334. The van der Waals surface area contributed by atoms with Crippen LogP contribution in [0.3, 0.4) is 0 Å². The van der Waals surface area contributed by atoms with Crippen molar-refractivity contribution in [3.05, 3.63) is 65.4 Å². The number of carboxylic acid groups (broad SMARTS) is 1. The molecule has 1 aliphatic heterocycles. The zero-order chi connectivity index (χ0) is 27.4. The summed E-state index contributed by atoms with van der Waals surface area (Å²) in [6, 6.07) is 16.3. The van der Waals surface area contributed by atoms with E-state index < -0.39 is 17.5 Å². The molecular weight excluding hydrogens is 478 g/mol. The number of hydrogen-bond donors (Lipinski definition) is 2. The van der Waals surface area contributed by atoms with Gasteiger partial charge in [0.15, 0.2) is 5.82 Å². The van der Waals surface area contributed by atoms with E-state index in [1.807, 2.05) is 50.2 Å². The maximum absolute atomic E-state index is 13.6. The van der Waals surface area contributed by atoms with Gasteiger partial charge in [-0.15, -0.1) is 0 Å². The molecule has 38 heavy (non-hydrogen) atoms. The molecule has 1 aliphatic rings. The molecule has 2 N–H and O–H groups in total. The number of aliphatic carboxylic acids is 1. The van der Waals surface area contributed by atoms with E-state index in [4.69, 9.17) is 15.1 Å². The largest absolute Gasteiger partial charge is 0.481 e. The van der Waals surface area contributed by atoms with Gasteiger partial charge in [-0.05, 0) is 40.5 Å². The summed E-state index contributed by atoms with van der Waals surface area (Å²) in [5.41, 5.74) is 5.13. The van der Waals surface area contributed by atoms with E-state index in [0.29, 0.717) is 43.0 Å². The Morgan fingerprint density at radius 2 is 1.42 bits per heavy atom. The lowest BCUT2D eigenvalue weighted by Gasteiger charge is -2.38. The van der Waals surface area contributed by atoms with Crippen molar-refractivity contribution >= 4 is 17.7 Å². The number of unbranched alkanes of at least 4 members (excludes halogenated alkanes) is 3. The van der Waals surface area contributed by atoms with Crippen LogP contribution in [0, 0.1) is 19.8 Å². The lowest BCUT2D eigenvalue weighted by Crippen LogP contribution is -2.50. The number of carbonyl (C=O) groups is 2. The monoisotopic (exact) mass is 515 g/mol. The molecule has 0 spiro atoms. The van der Waals surface area contributed by atoms with E-state index >= 15 is 0 Å². The second kappa shape index (κ2) is 11.4. The SMILES string of the molecule is Cc1ccc(-c2nc3c(nc2-c2ccc(C)cc2)N(CCCCCCC(=O)O)C(=O)[C@H](C(C)(C)O)C3)cc1. The molecule has 200 valence electrons. The van der Waals surface area contributed by atoms with Crippen LogP contribution < -0.4 is 4.90 Å². The van der Waals surface area contributed by atoms with Gasteiger partial charge in [-0.2, -0.15) is 0 Å². The Bertz CT molecular complexity index is 1290. The number of aromatic nitrogens is 2. The number of anilines is 1. The first-order valence-corrected chi connectivity index (χ1v) is 13.3. The predicted molar refractivity (Wildman–Crippen MR) is 149 cm³/mol. The summed E-state index contributed by atoms with van der Waals surface area (Å²) in [5.74, 6) is -1.02. The number of amides is 1. The van der Waals surface area contributed by atoms with E-state index in [-0.39, 0.29) is 12.3 Å². The normalized spacial score (nSPS) is 15.4. The lowest BCUT2D eigenvalue weighted by atomic mass is 9.83. The Hall–Kier alpha value is -3.58. The van der Waals surface area contributed by atoms with Crippen molar-refractivity contribution in [1.29, 1.82) is 0 Å². The van der Waals surface area contributed by atoms with Crippen LogP contribution in [0.2, 0.25) is 0 Å². The van der Waals surface area contributed by atoms with Gasteiger partial charge in [0, 0.05) is 30.5 Å². The first-order valence-electron chi connectivity index (χ1n) is 13.3. The third-order valence-corrected chi connectivity index (χ3v) is 7.19. The van der Waals surface area contributed by atoms with Gasteiger partial charge in [0.05, 0.1) is 28.6 Å². The van der Waals surface area contributed by atoms with Crippen LogP contribution in [0.5, 0.6) is 0 Å². The number of aryl methyl sites for hydroxylation is 2. The maximum Gasteiger partial charge on any atom is 0.303 e. The molecule has 0 radical (unpaired) electrons. The van der Waals surface area contributed by atoms with Gasteiger partial charge in [-0.25, -0.2) is 9.97 Å². The van der Waals surface area contributed by atoms with Crippen molar-refractivity contribution < 1.29 is 19.8 Å². The molecule has 1 amide bonds. The number of carbonyl (C=O) groups excluding carboxylic acids is 1. The molecule has 2 aromatic carbocycles. The van der Waals surface area contributed by atoms with E-state index in [2.05, 4.69) is 12.1 Å². The third kappa shape index (κ3) is 6.27. The zero-order valence-electron chi connectivity index (χ0n) is 22.7. The Balaban J connectivity index is 1.76. The van der Waals surface area contributed by atoms with Gasteiger partial charge in [0.25, 0.3) is 0 Å². The summed E-state index contributed by atoms with van der Waals surface area (Å²) in [6.07, 6.45) is 3.38. The van der Waals surface area contributed by atoms with E-state index in [0.717, 1.165) is 40.8 Å². The molecule has 0 saturated carbocycles. The van der Waals surface area contributed by atoms with Crippen molar-refractivity contribution in [1.82, 2.24) is 9.97 Å². The van der Waals surface area contributed by atoms with Crippen molar-refractivity contribution in [3.8, 4) is 22.5 Å². The number of carboxylic acids is 1. The molecule has 0 aliphatic carbocycles. The molecule has 7 heteroatoms. The Morgan fingerprint density at radius 1 is 0.895 bits per heavy atom. The fourth-order valence-corrected chi connectivity index (χ4v) is 4.88. The van der Waals surface area contributed by atoms with Crippen molar-refractivity contribution in [2.45, 2.75) is 71.8 Å². The predicted octanol–water partition coefficient (Wildman–Crippen LogP) is 5.74. The topological polar surface area (TPSA) is 104 Å². The average molecular weight is 516 g/mol. The van der Waals surface area contributed by atoms with Crippen molar-refractivity contribution in [2.75, 3.05) is 11.4 Å². The van der Waals surface area contributed by atoms with E-state index in [1.54, 1.807) is 18.7 Å².